The minimum absolute atomic E-state index is 0.532. The van der Waals surface area contributed by atoms with Gasteiger partial charge < -0.3 is 5.11 Å². The van der Waals surface area contributed by atoms with E-state index in [1.165, 1.54) is 0 Å². The van der Waals surface area contributed by atoms with E-state index >= 15 is 0 Å². The van der Waals surface area contributed by atoms with Gasteiger partial charge in [0.2, 0.25) is 0 Å². The lowest BCUT2D eigenvalue weighted by atomic mass is 9.56. The second-order valence-electron chi connectivity index (χ2n) is 5.04. The van der Waals surface area contributed by atoms with Crippen LogP contribution in [0.1, 0.15) is 32.3 Å². The van der Waals surface area contributed by atoms with E-state index in [4.69, 9.17) is 0 Å². The van der Waals surface area contributed by atoms with E-state index in [0.29, 0.717) is 11.8 Å². The van der Waals surface area contributed by atoms with E-state index in [9.17, 15) is 9.90 Å². The second-order valence-corrected chi connectivity index (χ2v) is 5.04. The first-order chi connectivity index (χ1) is 7.56. The van der Waals surface area contributed by atoms with Gasteiger partial charge in [0, 0.05) is 12.4 Å². The minimum Gasteiger partial charge on any atom is -0.481 e. The number of pyridine rings is 1. The first-order valence-electron chi connectivity index (χ1n) is 5.70. The SMILES string of the molecule is CC(C)C1CC(C(=O)O)(c2ccncc2)C1. The van der Waals surface area contributed by atoms with Crippen LogP contribution in [0.4, 0.5) is 0 Å². The zero-order valence-corrected chi connectivity index (χ0v) is 9.68. The fourth-order valence-corrected chi connectivity index (χ4v) is 2.51. The summed E-state index contributed by atoms with van der Waals surface area (Å²) < 4.78 is 0. The zero-order chi connectivity index (χ0) is 11.8. The maximum atomic E-state index is 11.5. The van der Waals surface area contributed by atoms with Crippen LogP contribution < -0.4 is 0 Å². The van der Waals surface area contributed by atoms with Gasteiger partial charge in [0.15, 0.2) is 0 Å². The highest BCUT2D eigenvalue weighted by Crippen LogP contribution is 2.50. The summed E-state index contributed by atoms with van der Waals surface area (Å²) in [5, 5.41) is 9.42. The van der Waals surface area contributed by atoms with Gasteiger partial charge in [-0.15, -0.1) is 0 Å². The lowest BCUT2D eigenvalue weighted by Gasteiger charge is -2.46. The predicted octanol–water partition coefficient (Wildman–Crippen LogP) is 2.47. The third-order valence-electron chi connectivity index (χ3n) is 3.81. The number of hydrogen-bond donors (Lipinski definition) is 1. The quantitative estimate of drug-likeness (QED) is 0.849. The van der Waals surface area contributed by atoms with Crippen LogP contribution >= 0.6 is 0 Å². The van der Waals surface area contributed by atoms with Crippen molar-refractivity contribution in [2.75, 3.05) is 0 Å². The molecule has 3 heteroatoms. The fraction of sp³-hybridized carbons (Fsp3) is 0.538. The smallest absolute Gasteiger partial charge is 0.314 e. The zero-order valence-electron chi connectivity index (χ0n) is 9.68. The molecule has 0 bridgehead atoms. The molecule has 1 N–H and O–H groups in total. The van der Waals surface area contributed by atoms with Crippen molar-refractivity contribution < 1.29 is 9.90 Å². The third-order valence-corrected chi connectivity index (χ3v) is 3.81. The molecule has 0 atom stereocenters. The summed E-state index contributed by atoms with van der Waals surface area (Å²) in [5.74, 6) is 0.397. The summed E-state index contributed by atoms with van der Waals surface area (Å²) >= 11 is 0. The Morgan fingerprint density at radius 2 is 2.00 bits per heavy atom. The highest BCUT2D eigenvalue weighted by atomic mass is 16.4. The predicted molar refractivity (Wildman–Crippen MR) is 61.1 cm³/mol. The molecule has 0 saturated heterocycles. The number of nitrogens with zero attached hydrogens (tertiary/aromatic N) is 1. The van der Waals surface area contributed by atoms with Crippen LogP contribution in [0.25, 0.3) is 0 Å². The topological polar surface area (TPSA) is 50.2 Å². The molecule has 1 heterocycles. The van der Waals surface area contributed by atoms with Crippen molar-refractivity contribution in [3.05, 3.63) is 30.1 Å². The normalized spacial score (nSPS) is 28.8. The summed E-state index contributed by atoms with van der Waals surface area (Å²) in [4.78, 5) is 15.4. The lowest BCUT2D eigenvalue weighted by molar-refractivity contribution is -0.150. The van der Waals surface area contributed by atoms with Crippen LogP contribution in [0.15, 0.2) is 24.5 Å². The highest BCUT2D eigenvalue weighted by Gasteiger charge is 2.52. The number of aromatic nitrogens is 1. The largest absolute Gasteiger partial charge is 0.481 e. The number of carboxylic acid groups (broad SMARTS) is 1. The molecule has 0 unspecified atom stereocenters. The molecule has 0 spiro atoms. The molecule has 0 aliphatic heterocycles. The standard InChI is InChI=1S/C13H17NO2/c1-9(2)10-7-13(8-10,12(15)16)11-3-5-14-6-4-11/h3-6,9-10H,7-8H2,1-2H3,(H,15,16). The molecular formula is C13H17NO2. The van der Waals surface area contributed by atoms with Crippen LogP contribution in [-0.2, 0) is 10.2 Å². The Hall–Kier alpha value is -1.38. The van der Waals surface area contributed by atoms with Gasteiger partial charge in [-0.25, -0.2) is 0 Å². The Morgan fingerprint density at radius 3 is 2.44 bits per heavy atom. The Kier molecular flexibility index (Phi) is 2.70. The van der Waals surface area contributed by atoms with Crippen molar-refractivity contribution in [2.24, 2.45) is 11.8 Å². The van der Waals surface area contributed by atoms with Gasteiger partial charge in [-0.2, -0.15) is 0 Å². The number of rotatable bonds is 3. The van der Waals surface area contributed by atoms with Gasteiger partial charge in [-0.1, -0.05) is 13.8 Å². The molecule has 86 valence electrons. The molecule has 3 nitrogen and oxygen atoms in total. The second kappa shape index (κ2) is 3.89. The van der Waals surface area contributed by atoms with Crippen LogP contribution in [0.2, 0.25) is 0 Å². The number of aliphatic carboxylic acids is 1. The van der Waals surface area contributed by atoms with Crippen LogP contribution in [0, 0.1) is 11.8 Å². The molecule has 16 heavy (non-hydrogen) atoms. The summed E-state index contributed by atoms with van der Waals surface area (Å²) in [5.41, 5.74) is 0.240. The molecule has 1 saturated carbocycles. The van der Waals surface area contributed by atoms with Crippen LogP contribution in [0.3, 0.4) is 0 Å². The summed E-state index contributed by atoms with van der Waals surface area (Å²) in [6.07, 6.45) is 4.85. The minimum atomic E-state index is -0.699. The number of carbonyl (C=O) groups is 1. The van der Waals surface area contributed by atoms with E-state index in [1.54, 1.807) is 12.4 Å². The van der Waals surface area contributed by atoms with E-state index in [1.807, 2.05) is 12.1 Å². The van der Waals surface area contributed by atoms with Gasteiger partial charge in [0.05, 0.1) is 5.41 Å². The van der Waals surface area contributed by atoms with Crippen LogP contribution in [-0.4, -0.2) is 16.1 Å². The molecule has 1 fully saturated rings. The first kappa shape index (κ1) is 11.1. The van der Waals surface area contributed by atoms with Crippen molar-refractivity contribution >= 4 is 5.97 Å². The summed E-state index contributed by atoms with van der Waals surface area (Å²) in [6.45, 7) is 4.31. The van der Waals surface area contributed by atoms with Gasteiger partial charge in [-0.3, -0.25) is 9.78 Å². The summed E-state index contributed by atoms with van der Waals surface area (Å²) in [6, 6.07) is 3.65. The molecule has 1 aromatic heterocycles. The Morgan fingerprint density at radius 1 is 1.44 bits per heavy atom. The maximum Gasteiger partial charge on any atom is 0.314 e. The Bertz CT molecular complexity index is 380. The number of hydrogen-bond acceptors (Lipinski definition) is 2. The van der Waals surface area contributed by atoms with Crippen molar-refractivity contribution in [3.63, 3.8) is 0 Å². The van der Waals surface area contributed by atoms with E-state index < -0.39 is 11.4 Å². The first-order valence-corrected chi connectivity index (χ1v) is 5.70. The molecule has 0 radical (unpaired) electrons. The lowest BCUT2D eigenvalue weighted by Crippen LogP contribution is -2.49. The molecule has 1 aliphatic carbocycles. The highest BCUT2D eigenvalue weighted by molar-refractivity contribution is 5.82. The third kappa shape index (κ3) is 1.60. The molecule has 0 amide bonds. The van der Waals surface area contributed by atoms with Gasteiger partial charge in [0.1, 0.15) is 0 Å². The van der Waals surface area contributed by atoms with E-state index in [-0.39, 0.29) is 0 Å². The molecule has 1 aliphatic rings. The number of carboxylic acids is 1. The molecule has 2 rings (SSSR count). The average Bonchev–Trinajstić information content (AvgIpc) is 2.16. The summed E-state index contributed by atoms with van der Waals surface area (Å²) in [7, 11) is 0. The van der Waals surface area contributed by atoms with E-state index in [0.717, 1.165) is 18.4 Å². The van der Waals surface area contributed by atoms with Gasteiger partial charge >= 0.3 is 5.97 Å². The maximum absolute atomic E-state index is 11.5. The van der Waals surface area contributed by atoms with Crippen molar-refractivity contribution in [3.8, 4) is 0 Å². The van der Waals surface area contributed by atoms with Gasteiger partial charge in [0.25, 0.3) is 0 Å². The Balaban J connectivity index is 2.25. The average molecular weight is 219 g/mol. The van der Waals surface area contributed by atoms with Crippen molar-refractivity contribution in [2.45, 2.75) is 32.1 Å². The van der Waals surface area contributed by atoms with Crippen molar-refractivity contribution in [1.29, 1.82) is 0 Å². The van der Waals surface area contributed by atoms with Crippen molar-refractivity contribution in [1.82, 2.24) is 4.98 Å². The monoisotopic (exact) mass is 219 g/mol. The van der Waals surface area contributed by atoms with Gasteiger partial charge in [-0.05, 0) is 42.4 Å². The molecule has 1 aromatic rings. The molecule has 0 aromatic carbocycles. The Labute approximate surface area is 95.5 Å². The molecular weight excluding hydrogens is 202 g/mol. The van der Waals surface area contributed by atoms with Crippen LogP contribution in [0.5, 0.6) is 0 Å². The van der Waals surface area contributed by atoms with E-state index in [2.05, 4.69) is 18.8 Å². The fourth-order valence-electron chi connectivity index (χ4n) is 2.51.